The van der Waals surface area contributed by atoms with Crippen LogP contribution in [-0.2, 0) is 22.6 Å². The predicted octanol–water partition coefficient (Wildman–Crippen LogP) is 4.53. The van der Waals surface area contributed by atoms with Gasteiger partial charge >= 0.3 is 0 Å². The number of amides is 1. The van der Waals surface area contributed by atoms with Crippen LogP contribution in [0.4, 0.5) is 4.39 Å². The monoisotopic (exact) mass is 446 g/mol. The molecule has 0 radical (unpaired) electrons. The number of aromatic nitrogens is 3. The highest BCUT2D eigenvalue weighted by Crippen LogP contribution is 2.28. The third-order valence-electron chi connectivity index (χ3n) is 5.53. The van der Waals surface area contributed by atoms with E-state index in [1.165, 1.54) is 12.1 Å². The van der Waals surface area contributed by atoms with E-state index >= 15 is 0 Å². The Bertz CT molecular complexity index is 1270. The van der Waals surface area contributed by atoms with Crippen molar-refractivity contribution in [2.45, 2.75) is 26.9 Å². The number of carbonyl (C=O) groups is 1. The highest BCUT2D eigenvalue weighted by molar-refractivity contribution is 5.84. The number of halogens is 1. The van der Waals surface area contributed by atoms with Gasteiger partial charge in [0.25, 0.3) is 0 Å². The topological polar surface area (TPSA) is 60.2 Å². The van der Waals surface area contributed by atoms with Crippen LogP contribution in [0.3, 0.4) is 0 Å². The largest absolute Gasteiger partial charge is 0.383 e. The summed E-state index contributed by atoms with van der Waals surface area (Å²) in [5, 5.41) is 5.16. The fourth-order valence-electron chi connectivity index (χ4n) is 3.75. The fraction of sp³-hybridized carbons (Fsp3) is 0.269. The number of methoxy groups -OCH3 is 1. The zero-order valence-corrected chi connectivity index (χ0v) is 19.1. The molecule has 4 aromatic rings. The Labute approximate surface area is 192 Å². The molecular weight excluding hydrogens is 419 g/mol. The number of pyridine rings is 1. The van der Waals surface area contributed by atoms with Crippen LogP contribution in [0.2, 0.25) is 0 Å². The number of hydrogen-bond acceptors (Lipinski definition) is 4. The first-order valence-corrected chi connectivity index (χ1v) is 10.9. The number of hydrogen-bond donors (Lipinski definition) is 0. The van der Waals surface area contributed by atoms with Crippen LogP contribution in [0.5, 0.6) is 0 Å². The van der Waals surface area contributed by atoms with Crippen molar-refractivity contribution in [2.75, 3.05) is 20.3 Å². The summed E-state index contributed by atoms with van der Waals surface area (Å²) >= 11 is 0. The quantitative estimate of drug-likeness (QED) is 0.399. The van der Waals surface area contributed by atoms with Gasteiger partial charge in [0.2, 0.25) is 5.91 Å². The minimum absolute atomic E-state index is 0.0655. The van der Waals surface area contributed by atoms with E-state index < -0.39 is 0 Å². The second-order valence-electron chi connectivity index (χ2n) is 8.16. The first kappa shape index (κ1) is 22.6. The minimum Gasteiger partial charge on any atom is -0.383 e. The Morgan fingerprint density at radius 2 is 1.88 bits per heavy atom. The normalized spacial score (nSPS) is 11.2. The number of carbonyl (C=O) groups excluding carboxylic acids is 1. The molecule has 170 valence electrons. The lowest BCUT2D eigenvalue weighted by molar-refractivity contribution is -0.133. The van der Waals surface area contributed by atoms with E-state index in [0.29, 0.717) is 25.2 Å². The average Bonchev–Trinajstić information content (AvgIpc) is 3.21. The van der Waals surface area contributed by atoms with Gasteiger partial charge in [-0.1, -0.05) is 29.8 Å². The second-order valence-corrected chi connectivity index (χ2v) is 8.16. The van der Waals surface area contributed by atoms with Crippen LogP contribution >= 0.6 is 0 Å². The van der Waals surface area contributed by atoms with Gasteiger partial charge in [-0.2, -0.15) is 5.10 Å². The highest BCUT2D eigenvalue weighted by atomic mass is 19.1. The van der Waals surface area contributed by atoms with Gasteiger partial charge in [-0.25, -0.2) is 9.37 Å². The summed E-state index contributed by atoms with van der Waals surface area (Å²) in [5.41, 5.74) is 5.12. The van der Waals surface area contributed by atoms with Crippen molar-refractivity contribution >= 4 is 16.8 Å². The lowest BCUT2D eigenvalue weighted by Crippen LogP contribution is -2.36. The molecule has 0 spiro atoms. The maximum atomic E-state index is 13.9. The van der Waals surface area contributed by atoms with E-state index in [0.717, 1.165) is 33.5 Å². The fourth-order valence-corrected chi connectivity index (χ4v) is 3.75. The molecule has 0 unspecified atom stereocenters. The summed E-state index contributed by atoms with van der Waals surface area (Å²) in [6.07, 6.45) is 1.80. The molecule has 7 heteroatoms. The molecule has 4 rings (SSSR count). The molecule has 0 fully saturated rings. The Morgan fingerprint density at radius 3 is 2.58 bits per heavy atom. The van der Waals surface area contributed by atoms with E-state index in [1.54, 1.807) is 29.0 Å². The maximum Gasteiger partial charge on any atom is 0.244 e. The molecule has 33 heavy (non-hydrogen) atoms. The van der Waals surface area contributed by atoms with Crippen molar-refractivity contribution in [1.29, 1.82) is 0 Å². The van der Waals surface area contributed by atoms with Gasteiger partial charge in [-0.3, -0.25) is 9.48 Å². The molecule has 1 amide bonds. The third-order valence-corrected chi connectivity index (χ3v) is 5.53. The average molecular weight is 447 g/mol. The van der Waals surface area contributed by atoms with Crippen molar-refractivity contribution < 1.29 is 13.9 Å². The van der Waals surface area contributed by atoms with Crippen molar-refractivity contribution in [2.24, 2.45) is 0 Å². The van der Waals surface area contributed by atoms with Crippen LogP contribution < -0.4 is 0 Å². The lowest BCUT2D eigenvalue weighted by Gasteiger charge is -2.24. The van der Waals surface area contributed by atoms with E-state index in [1.807, 2.05) is 50.2 Å². The highest BCUT2D eigenvalue weighted by Gasteiger charge is 2.19. The van der Waals surface area contributed by atoms with E-state index in [2.05, 4.69) is 5.10 Å². The molecule has 2 aromatic heterocycles. The zero-order valence-electron chi connectivity index (χ0n) is 19.1. The standard InChI is InChI=1S/C26H27FN4O2/c1-18-4-6-20(7-5-18)26-22(14-21-8-9-23(27)15-24(21)28-26)16-30(12-13-33-3)25(32)17-31-11-10-19(2)29-31/h4-11,14-15H,12-13,16-17H2,1-3H3. The van der Waals surface area contributed by atoms with E-state index in [-0.39, 0.29) is 18.3 Å². The molecule has 6 nitrogen and oxygen atoms in total. The molecule has 0 aliphatic carbocycles. The molecule has 2 aromatic carbocycles. The smallest absolute Gasteiger partial charge is 0.244 e. The molecule has 0 aliphatic heterocycles. The number of fused-ring (bicyclic) bond motifs is 1. The van der Waals surface area contributed by atoms with E-state index in [4.69, 9.17) is 9.72 Å². The van der Waals surface area contributed by atoms with Gasteiger partial charge in [-0.05, 0) is 43.7 Å². The van der Waals surface area contributed by atoms with Gasteiger partial charge in [-0.15, -0.1) is 0 Å². The Kier molecular flexibility index (Phi) is 6.79. The van der Waals surface area contributed by atoms with Gasteiger partial charge in [0.05, 0.1) is 23.5 Å². The van der Waals surface area contributed by atoms with Crippen molar-refractivity contribution in [1.82, 2.24) is 19.7 Å². The number of nitrogens with zero attached hydrogens (tertiary/aromatic N) is 4. The van der Waals surface area contributed by atoms with Crippen LogP contribution in [0.1, 0.15) is 16.8 Å². The summed E-state index contributed by atoms with van der Waals surface area (Å²) < 4.78 is 20.8. The number of aryl methyl sites for hydroxylation is 2. The van der Waals surface area contributed by atoms with Crippen molar-refractivity contribution in [3.63, 3.8) is 0 Å². The van der Waals surface area contributed by atoms with Crippen LogP contribution in [0, 0.1) is 19.7 Å². The number of benzene rings is 2. The molecule has 2 heterocycles. The minimum atomic E-state index is -0.330. The third kappa shape index (κ3) is 5.43. The zero-order chi connectivity index (χ0) is 23.4. The summed E-state index contributed by atoms with van der Waals surface area (Å²) in [4.78, 5) is 19.7. The summed E-state index contributed by atoms with van der Waals surface area (Å²) in [6, 6.07) is 16.5. The van der Waals surface area contributed by atoms with Gasteiger partial charge in [0.15, 0.2) is 0 Å². The van der Waals surface area contributed by atoms with Crippen molar-refractivity contribution in [3.05, 3.63) is 83.4 Å². The molecule has 0 saturated heterocycles. The molecule has 0 aliphatic rings. The SMILES string of the molecule is COCCN(Cc1cc2ccc(F)cc2nc1-c1ccc(C)cc1)C(=O)Cn1ccc(C)n1. The van der Waals surface area contributed by atoms with Crippen molar-refractivity contribution in [3.8, 4) is 11.3 Å². The molecular formula is C26H27FN4O2. The Morgan fingerprint density at radius 1 is 1.09 bits per heavy atom. The number of rotatable bonds is 8. The molecule has 0 saturated carbocycles. The molecule has 0 bridgehead atoms. The van der Waals surface area contributed by atoms with Crippen LogP contribution in [0.25, 0.3) is 22.2 Å². The van der Waals surface area contributed by atoms with Gasteiger partial charge in [0.1, 0.15) is 12.4 Å². The lowest BCUT2D eigenvalue weighted by atomic mass is 10.0. The number of ether oxygens (including phenoxy) is 1. The first-order valence-electron chi connectivity index (χ1n) is 10.9. The van der Waals surface area contributed by atoms with E-state index in [9.17, 15) is 9.18 Å². The maximum absolute atomic E-state index is 13.9. The molecule has 0 atom stereocenters. The second kappa shape index (κ2) is 9.92. The molecule has 0 N–H and O–H groups in total. The van der Waals surface area contributed by atoms with Crippen LogP contribution in [-0.4, -0.2) is 45.8 Å². The summed E-state index contributed by atoms with van der Waals surface area (Å²) in [6.45, 7) is 5.26. The predicted molar refractivity (Wildman–Crippen MR) is 126 cm³/mol. The van der Waals surface area contributed by atoms with Gasteiger partial charge in [0, 0.05) is 43.4 Å². The summed E-state index contributed by atoms with van der Waals surface area (Å²) in [7, 11) is 1.61. The first-order chi connectivity index (χ1) is 15.9. The Balaban J connectivity index is 1.72. The summed E-state index contributed by atoms with van der Waals surface area (Å²) in [5.74, 6) is -0.395. The Hall–Kier alpha value is -3.58. The van der Waals surface area contributed by atoms with Crippen LogP contribution in [0.15, 0.2) is 60.8 Å². The van der Waals surface area contributed by atoms with Gasteiger partial charge < -0.3 is 9.64 Å².